The molecular formula is C82H157NO10. The van der Waals surface area contributed by atoms with E-state index < -0.39 is 49.5 Å². The van der Waals surface area contributed by atoms with E-state index in [1.54, 1.807) is 6.08 Å². The minimum absolute atomic E-state index is 0.0192. The average Bonchev–Trinajstić information content (AvgIpc) is 1.02. The lowest BCUT2D eigenvalue weighted by atomic mass is 9.99. The van der Waals surface area contributed by atoms with Gasteiger partial charge in [0.15, 0.2) is 6.29 Å². The summed E-state index contributed by atoms with van der Waals surface area (Å²) in [7, 11) is 0. The van der Waals surface area contributed by atoms with Crippen molar-refractivity contribution in [3.05, 3.63) is 24.3 Å². The molecule has 7 unspecified atom stereocenters. The average molecular weight is 1320 g/mol. The molecule has 0 aromatic heterocycles. The van der Waals surface area contributed by atoms with Crippen molar-refractivity contribution in [3.8, 4) is 0 Å². The van der Waals surface area contributed by atoms with Gasteiger partial charge in [0.25, 0.3) is 0 Å². The number of ether oxygens (including phenoxy) is 3. The number of esters is 1. The van der Waals surface area contributed by atoms with E-state index in [1.165, 1.54) is 347 Å². The van der Waals surface area contributed by atoms with Gasteiger partial charge in [-0.15, -0.1) is 0 Å². The molecule has 1 heterocycles. The Balaban J connectivity index is 1.88. The highest BCUT2D eigenvalue weighted by atomic mass is 16.7. The predicted molar refractivity (Wildman–Crippen MR) is 394 cm³/mol. The fourth-order valence-electron chi connectivity index (χ4n) is 13.4. The summed E-state index contributed by atoms with van der Waals surface area (Å²) in [6.45, 7) is 4.40. The number of carbonyl (C=O) groups excluding carboxylic acids is 2. The summed E-state index contributed by atoms with van der Waals surface area (Å²) >= 11 is 0. The topological polar surface area (TPSA) is 175 Å². The number of aliphatic hydroxyl groups is 5. The molecule has 1 saturated heterocycles. The monoisotopic (exact) mass is 1320 g/mol. The molecule has 11 nitrogen and oxygen atoms in total. The van der Waals surface area contributed by atoms with Gasteiger partial charge >= 0.3 is 5.97 Å². The Morgan fingerprint density at radius 3 is 1.03 bits per heavy atom. The van der Waals surface area contributed by atoms with E-state index in [4.69, 9.17) is 14.2 Å². The summed E-state index contributed by atoms with van der Waals surface area (Å²) in [5.41, 5.74) is 0. The summed E-state index contributed by atoms with van der Waals surface area (Å²) in [5, 5.41) is 54.6. The second-order valence-corrected chi connectivity index (χ2v) is 28.8. The van der Waals surface area contributed by atoms with Crippen molar-refractivity contribution in [2.75, 3.05) is 19.8 Å². The van der Waals surface area contributed by atoms with Crippen LogP contribution in [0.15, 0.2) is 24.3 Å². The van der Waals surface area contributed by atoms with E-state index in [0.717, 1.165) is 51.4 Å². The first-order chi connectivity index (χ1) is 45.7. The van der Waals surface area contributed by atoms with Crippen LogP contribution in [0, 0.1) is 0 Å². The van der Waals surface area contributed by atoms with Gasteiger partial charge < -0.3 is 45.1 Å². The standard InChI is InChI=1S/C82H157NO10/c1-3-5-7-9-11-13-15-44-48-52-56-60-64-68-75(85)74(73-92-82-81(90)80(89)79(88)76(72-84)93-82)83-77(86)69-65-61-57-53-49-46-42-40-38-36-34-32-30-28-26-24-22-20-18-17-19-21-23-25-27-29-31-33-35-37-39-41-43-47-51-55-59-63-67-71-91-78(87)70-66-62-58-54-50-45-16-14-12-10-8-6-4-2/h17-18,64,68,74-76,79-82,84-85,88-90H,3-16,19-63,65-67,69-73H2,1-2H3,(H,83,86)/b18-17-,68-64+. The van der Waals surface area contributed by atoms with Crippen LogP contribution in [0.25, 0.3) is 0 Å². The second-order valence-electron chi connectivity index (χ2n) is 28.8. The van der Waals surface area contributed by atoms with E-state index >= 15 is 0 Å². The molecule has 0 aromatic rings. The summed E-state index contributed by atoms with van der Waals surface area (Å²) in [6, 6.07) is -0.806. The fraction of sp³-hybridized carbons (Fsp3) is 0.927. The minimum atomic E-state index is -1.57. The minimum Gasteiger partial charge on any atom is -0.466 e. The van der Waals surface area contributed by atoms with Crippen LogP contribution in [0.1, 0.15) is 425 Å². The van der Waals surface area contributed by atoms with E-state index in [1.807, 2.05) is 6.08 Å². The van der Waals surface area contributed by atoms with Crippen molar-refractivity contribution in [3.63, 3.8) is 0 Å². The molecule has 93 heavy (non-hydrogen) atoms. The number of allylic oxidation sites excluding steroid dienone is 3. The molecule has 0 spiro atoms. The molecule has 11 heteroatoms. The molecule has 0 radical (unpaired) electrons. The summed E-state index contributed by atoms with van der Waals surface area (Å²) < 4.78 is 16.8. The lowest BCUT2D eigenvalue weighted by Crippen LogP contribution is -2.60. The van der Waals surface area contributed by atoms with Gasteiger partial charge in [-0.1, -0.05) is 378 Å². The molecule has 0 aromatic carbocycles. The molecular weight excluding hydrogens is 1160 g/mol. The molecule has 7 atom stereocenters. The van der Waals surface area contributed by atoms with E-state index in [-0.39, 0.29) is 18.5 Å². The Hall–Kier alpha value is -1.86. The van der Waals surface area contributed by atoms with Gasteiger partial charge in [0.2, 0.25) is 5.91 Å². The number of hydrogen-bond donors (Lipinski definition) is 6. The zero-order valence-corrected chi connectivity index (χ0v) is 61.5. The first kappa shape index (κ1) is 89.2. The number of carbonyl (C=O) groups is 2. The van der Waals surface area contributed by atoms with Gasteiger partial charge in [0.1, 0.15) is 24.4 Å². The van der Waals surface area contributed by atoms with Gasteiger partial charge in [-0.25, -0.2) is 0 Å². The Kier molecular flexibility index (Phi) is 68.5. The third-order valence-electron chi connectivity index (χ3n) is 19.8. The van der Waals surface area contributed by atoms with Crippen LogP contribution in [0.4, 0.5) is 0 Å². The Morgan fingerprint density at radius 2 is 0.688 bits per heavy atom. The SMILES string of the molecule is CCCCCCCCCCCCC/C=C/C(O)C(COC1OC(CO)C(O)C(O)C1O)NC(=O)CCCCCCCCCCCCCCCCCCC/C=C\CCCCCCCCCCCCCCCCCCCCOC(=O)CCCCCCCCCCCCCCC. The van der Waals surface area contributed by atoms with Gasteiger partial charge in [-0.2, -0.15) is 0 Å². The zero-order valence-electron chi connectivity index (χ0n) is 61.5. The van der Waals surface area contributed by atoms with Crippen LogP contribution in [-0.2, 0) is 23.8 Å². The first-order valence-electron chi connectivity index (χ1n) is 41.1. The summed E-state index contributed by atoms with van der Waals surface area (Å²) in [4.78, 5) is 25.2. The number of rotatable bonds is 74. The Bertz CT molecular complexity index is 1590. The van der Waals surface area contributed by atoms with Crippen molar-refractivity contribution in [1.29, 1.82) is 0 Å². The van der Waals surface area contributed by atoms with Crippen molar-refractivity contribution in [2.24, 2.45) is 0 Å². The fourth-order valence-corrected chi connectivity index (χ4v) is 13.4. The zero-order chi connectivity index (χ0) is 67.2. The molecule has 1 amide bonds. The van der Waals surface area contributed by atoms with Gasteiger partial charge in [-0.3, -0.25) is 9.59 Å². The van der Waals surface area contributed by atoms with Crippen LogP contribution < -0.4 is 5.32 Å². The quantitative estimate of drug-likeness (QED) is 0.0195. The van der Waals surface area contributed by atoms with Gasteiger partial charge in [0, 0.05) is 12.8 Å². The maximum atomic E-state index is 13.1. The van der Waals surface area contributed by atoms with Crippen molar-refractivity contribution < 1.29 is 49.3 Å². The molecule has 1 rings (SSSR count). The molecule has 0 aliphatic carbocycles. The third-order valence-corrected chi connectivity index (χ3v) is 19.8. The predicted octanol–water partition coefficient (Wildman–Crippen LogP) is 22.3. The smallest absolute Gasteiger partial charge is 0.305 e. The molecule has 0 saturated carbocycles. The highest BCUT2D eigenvalue weighted by molar-refractivity contribution is 5.76. The summed E-state index contributed by atoms with van der Waals surface area (Å²) in [5.74, 6) is -0.155. The largest absolute Gasteiger partial charge is 0.466 e. The van der Waals surface area contributed by atoms with Crippen LogP contribution in [0.3, 0.4) is 0 Å². The van der Waals surface area contributed by atoms with Crippen LogP contribution in [0.5, 0.6) is 0 Å². The second kappa shape index (κ2) is 71.4. The first-order valence-corrected chi connectivity index (χ1v) is 41.1. The molecule has 550 valence electrons. The van der Waals surface area contributed by atoms with Gasteiger partial charge in [-0.05, 0) is 57.8 Å². The normalized spacial score (nSPS) is 17.5. The van der Waals surface area contributed by atoms with Crippen molar-refractivity contribution >= 4 is 11.9 Å². The van der Waals surface area contributed by atoms with Crippen LogP contribution in [-0.4, -0.2) is 100 Å². The Labute approximate surface area is 575 Å². The number of unbranched alkanes of at least 4 members (excludes halogenated alkanes) is 58. The molecule has 1 fully saturated rings. The van der Waals surface area contributed by atoms with E-state index in [2.05, 4.69) is 31.3 Å². The Morgan fingerprint density at radius 1 is 0.387 bits per heavy atom. The number of amides is 1. The lowest BCUT2D eigenvalue weighted by molar-refractivity contribution is -0.302. The maximum Gasteiger partial charge on any atom is 0.305 e. The van der Waals surface area contributed by atoms with Crippen LogP contribution in [0.2, 0.25) is 0 Å². The molecule has 0 bridgehead atoms. The lowest BCUT2D eigenvalue weighted by Gasteiger charge is -2.40. The summed E-state index contributed by atoms with van der Waals surface area (Å²) in [6.07, 6.45) is 82.2. The maximum absolute atomic E-state index is 13.1. The molecule has 1 aliphatic heterocycles. The van der Waals surface area contributed by atoms with E-state index in [9.17, 15) is 35.1 Å². The van der Waals surface area contributed by atoms with Crippen molar-refractivity contribution in [2.45, 2.75) is 468 Å². The molecule has 6 N–H and O–H groups in total. The highest BCUT2D eigenvalue weighted by Crippen LogP contribution is 2.24. The number of hydrogen-bond acceptors (Lipinski definition) is 10. The number of aliphatic hydroxyl groups excluding tert-OH is 5. The number of nitrogens with one attached hydrogen (secondary N) is 1. The van der Waals surface area contributed by atoms with Crippen LogP contribution >= 0.6 is 0 Å². The third kappa shape index (κ3) is 59.9. The van der Waals surface area contributed by atoms with Crippen molar-refractivity contribution in [1.82, 2.24) is 5.32 Å². The van der Waals surface area contributed by atoms with E-state index in [0.29, 0.717) is 19.4 Å². The molecule has 1 aliphatic rings. The highest BCUT2D eigenvalue weighted by Gasteiger charge is 2.44. The van der Waals surface area contributed by atoms with Gasteiger partial charge in [0.05, 0.1) is 32.0 Å².